The highest BCUT2D eigenvalue weighted by atomic mass is 16.6. The van der Waals surface area contributed by atoms with Gasteiger partial charge in [0, 0.05) is 19.0 Å². The number of hydrogen-bond acceptors (Lipinski definition) is 3. The highest BCUT2D eigenvalue weighted by Crippen LogP contribution is 2.52. The van der Waals surface area contributed by atoms with Crippen molar-refractivity contribution in [3.8, 4) is 0 Å². The molecule has 2 fully saturated rings. The Morgan fingerprint density at radius 3 is 2.09 bits per heavy atom. The van der Waals surface area contributed by atoms with Gasteiger partial charge in [0.2, 0.25) is 5.91 Å². The molecule has 23 heavy (non-hydrogen) atoms. The smallest absolute Gasteiger partial charge is 0.410 e. The van der Waals surface area contributed by atoms with Crippen molar-refractivity contribution in [3.05, 3.63) is 11.6 Å². The van der Waals surface area contributed by atoms with Gasteiger partial charge in [0.1, 0.15) is 5.60 Å². The number of rotatable bonds is 3. The molecule has 1 N–H and O–H groups in total. The van der Waals surface area contributed by atoms with Gasteiger partial charge in [0.25, 0.3) is 0 Å². The lowest BCUT2D eigenvalue weighted by Gasteiger charge is -2.29. The normalized spacial score (nSPS) is 27.5. The summed E-state index contributed by atoms with van der Waals surface area (Å²) in [7, 11) is 0. The van der Waals surface area contributed by atoms with Gasteiger partial charge in [-0.25, -0.2) is 4.79 Å². The van der Waals surface area contributed by atoms with E-state index in [-0.39, 0.29) is 35.3 Å². The lowest BCUT2D eigenvalue weighted by molar-refractivity contribution is -0.124. The van der Waals surface area contributed by atoms with E-state index in [1.807, 2.05) is 54.5 Å². The van der Waals surface area contributed by atoms with Gasteiger partial charge in [-0.2, -0.15) is 0 Å². The summed E-state index contributed by atoms with van der Waals surface area (Å²) in [4.78, 5) is 26.3. The third-order valence-electron chi connectivity index (χ3n) is 5.00. The Hall–Kier alpha value is -1.52. The fourth-order valence-corrected chi connectivity index (χ4v) is 3.24. The van der Waals surface area contributed by atoms with Crippen molar-refractivity contribution in [1.82, 2.24) is 10.2 Å². The summed E-state index contributed by atoms with van der Waals surface area (Å²) < 4.78 is 5.39. The number of nitrogens with one attached hydrogen (secondary N) is 1. The zero-order valence-corrected chi connectivity index (χ0v) is 15.4. The molecule has 0 aromatic carbocycles. The van der Waals surface area contributed by atoms with Crippen LogP contribution >= 0.6 is 0 Å². The molecule has 0 bridgehead atoms. The van der Waals surface area contributed by atoms with Gasteiger partial charge in [0.15, 0.2) is 0 Å². The minimum Gasteiger partial charge on any atom is -0.444 e. The lowest BCUT2D eigenvalue weighted by Crippen LogP contribution is -2.46. The molecule has 0 spiro atoms. The Balaban J connectivity index is 1.86. The zero-order valence-electron chi connectivity index (χ0n) is 15.4. The number of ether oxygens (including phenoxy) is 1. The van der Waals surface area contributed by atoms with Crippen molar-refractivity contribution in [1.29, 1.82) is 0 Å². The molecule has 0 radical (unpaired) electrons. The van der Waals surface area contributed by atoms with Gasteiger partial charge in [0.05, 0.1) is 5.54 Å². The van der Waals surface area contributed by atoms with Crippen molar-refractivity contribution in [3.63, 3.8) is 0 Å². The molecule has 2 rings (SSSR count). The SMILES string of the molecule is CC=C(C)C(C)(C)NC(=O)C1C2CN(C(=O)OC(C)(C)C)CC21. The van der Waals surface area contributed by atoms with E-state index in [1.165, 1.54) is 0 Å². The number of hydrogen-bond donors (Lipinski definition) is 1. The molecule has 1 saturated carbocycles. The average molecular weight is 322 g/mol. The molecule has 1 heterocycles. The van der Waals surface area contributed by atoms with Crippen LogP contribution in [0.25, 0.3) is 0 Å². The highest BCUT2D eigenvalue weighted by Gasteiger charge is 2.61. The van der Waals surface area contributed by atoms with Crippen LogP contribution in [-0.2, 0) is 9.53 Å². The van der Waals surface area contributed by atoms with E-state index < -0.39 is 5.60 Å². The van der Waals surface area contributed by atoms with Crippen LogP contribution in [0, 0.1) is 17.8 Å². The van der Waals surface area contributed by atoms with E-state index in [0.717, 1.165) is 5.57 Å². The lowest BCUT2D eigenvalue weighted by atomic mass is 9.94. The molecule has 5 nitrogen and oxygen atoms in total. The molecule has 2 amide bonds. The number of nitrogens with zero attached hydrogens (tertiary/aromatic N) is 1. The molecule has 1 saturated heterocycles. The second-order valence-electron chi connectivity index (χ2n) is 8.32. The van der Waals surface area contributed by atoms with Crippen molar-refractivity contribution in [2.24, 2.45) is 17.8 Å². The summed E-state index contributed by atoms with van der Waals surface area (Å²) in [5.74, 6) is 0.709. The molecule has 2 atom stereocenters. The van der Waals surface area contributed by atoms with Gasteiger partial charge in [-0.3, -0.25) is 4.79 Å². The van der Waals surface area contributed by atoms with Crippen molar-refractivity contribution in [2.75, 3.05) is 13.1 Å². The third-order valence-corrected chi connectivity index (χ3v) is 5.00. The first-order chi connectivity index (χ1) is 10.5. The van der Waals surface area contributed by atoms with Crippen molar-refractivity contribution >= 4 is 12.0 Å². The maximum Gasteiger partial charge on any atom is 0.410 e. The van der Waals surface area contributed by atoms with Crippen LogP contribution in [0.3, 0.4) is 0 Å². The Morgan fingerprint density at radius 2 is 1.65 bits per heavy atom. The number of amides is 2. The largest absolute Gasteiger partial charge is 0.444 e. The fraction of sp³-hybridized carbons (Fsp3) is 0.778. The molecule has 1 aliphatic carbocycles. The van der Waals surface area contributed by atoms with E-state index in [4.69, 9.17) is 4.74 Å². The Labute approximate surface area is 139 Å². The summed E-state index contributed by atoms with van der Waals surface area (Å²) in [6, 6.07) is 0. The van der Waals surface area contributed by atoms with E-state index in [9.17, 15) is 9.59 Å². The summed E-state index contributed by atoms with van der Waals surface area (Å²) in [5, 5.41) is 3.14. The van der Waals surface area contributed by atoms with Crippen LogP contribution in [-0.4, -0.2) is 41.1 Å². The quantitative estimate of drug-likeness (QED) is 0.813. The Kier molecular flexibility index (Phi) is 4.53. The maximum atomic E-state index is 12.5. The first-order valence-electron chi connectivity index (χ1n) is 8.39. The summed E-state index contributed by atoms with van der Waals surface area (Å²) >= 11 is 0. The Bertz CT molecular complexity index is 519. The molecule has 0 aromatic rings. The third kappa shape index (κ3) is 3.88. The molecule has 2 unspecified atom stereocenters. The summed E-state index contributed by atoms with van der Waals surface area (Å²) in [6.45, 7) is 14.9. The van der Waals surface area contributed by atoms with Crippen LogP contribution in [0.4, 0.5) is 4.79 Å². The number of allylic oxidation sites excluding steroid dienone is 1. The number of carbonyl (C=O) groups is 2. The molecule has 0 aromatic heterocycles. The molecular formula is C18H30N2O3. The number of carbonyl (C=O) groups excluding carboxylic acids is 2. The van der Waals surface area contributed by atoms with Gasteiger partial charge in [-0.05, 0) is 60.3 Å². The summed E-state index contributed by atoms with van der Waals surface area (Å²) in [6.07, 6.45) is 1.76. The topological polar surface area (TPSA) is 58.6 Å². The van der Waals surface area contributed by atoms with Crippen LogP contribution < -0.4 is 5.32 Å². The second-order valence-corrected chi connectivity index (χ2v) is 8.32. The van der Waals surface area contributed by atoms with Crippen LogP contribution in [0.5, 0.6) is 0 Å². The molecule has 1 aliphatic heterocycles. The predicted octanol–water partition coefficient (Wildman–Crippen LogP) is 2.96. The van der Waals surface area contributed by atoms with E-state index in [2.05, 4.69) is 5.32 Å². The average Bonchev–Trinajstić information content (AvgIpc) is 2.90. The van der Waals surface area contributed by atoms with E-state index >= 15 is 0 Å². The zero-order chi connectivity index (χ0) is 17.6. The number of likely N-dealkylation sites (tertiary alicyclic amines) is 1. The monoisotopic (exact) mass is 322 g/mol. The fourth-order valence-electron chi connectivity index (χ4n) is 3.24. The van der Waals surface area contributed by atoms with Crippen LogP contribution in [0.15, 0.2) is 11.6 Å². The predicted molar refractivity (Wildman–Crippen MR) is 89.9 cm³/mol. The number of piperidine rings is 1. The standard InChI is InChI=1S/C18H30N2O3/c1-8-11(2)18(6,7)19-15(21)14-12-9-20(10-13(12)14)16(22)23-17(3,4)5/h8,12-14H,9-10H2,1-7H3,(H,19,21). The van der Waals surface area contributed by atoms with Gasteiger partial charge >= 0.3 is 6.09 Å². The minimum absolute atomic E-state index is 0.0395. The van der Waals surface area contributed by atoms with Crippen LogP contribution in [0.2, 0.25) is 0 Å². The molecular weight excluding hydrogens is 292 g/mol. The Morgan fingerprint density at radius 1 is 1.13 bits per heavy atom. The summed E-state index contributed by atoms with van der Waals surface area (Å²) in [5.41, 5.74) is 0.342. The van der Waals surface area contributed by atoms with E-state index in [1.54, 1.807) is 4.90 Å². The first kappa shape index (κ1) is 17.8. The van der Waals surface area contributed by atoms with Gasteiger partial charge < -0.3 is 15.0 Å². The first-order valence-corrected chi connectivity index (χ1v) is 8.39. The molecule has 5 heteroatoms. The number of fused-ring (bicyclic) bond motifs is 1. The molecule has 2 aliphatic rings. The highest BCUT2D eigenvalue weighted by molar-refractivity contribution is 5.84. The molecule has 130 valence electrons. The maximum absolute atomic E-state index is 12.5. The van der Waals surface area contributed by atoms with Gasteiger partial charge in [-0.15, -0.1) is 0 Å². The van der Waals surface area contributed by atoms with Crippen molar-refractivity contribution in [2.45, 2.75) is 59.6 Å². The van der Waals surface area contributed by atoms with Gasteiger partial charge in [-0.1, -0.05) is 11.6 Å². The minimum atomic E-state index is -0.478. The second kappa shape index (κ2) is 5.84. The van der Waals surface area contributed by atoms with E-state index in [0.29, 0.717) is 13.1 Å². The van der Waals surface area contributed by atoms with Crippen LogP contribution in [0.1, 0.15) is 48.5 Å². The van der Waals surface area contributed by atoms with Crippen molar-refractivity contribution < 1.29 is 14.3 Å².